The maximum Gasteiger partial charge on any atom is 0.160 e. The molecule has 5 aromatic carbocycles. The quantitative estimate of drug-likeness (QED) is 0.178. The topological polar surface area (TPSA) is 73.4 Å². The summed E-state index contributed by atoms with van der Waals surface area (Å²) in [6.45, 7) is 4.92. The molecular weight excluding hydrogens is 621 g/mol. The van der Waals surface area contributed by atoms with Gasteiger partial charge in [0.05, 0.1) is 34.7 Å². The second kappa shape index (κ2) is 13.5. The molecule has 2 aliphatic rings. The Morgan fingerprint density at radius 3 is 1.27 bits per heavy atom. The Labute approximate surface area is 301 Å². The van der Waals surface area contributed by atoms with E-state index in [1.807, 2.05) is 30.3 Å². The number of nitriles is 2. The average molecular weight is 661 g/mol. The van der Waals surface area contributed by atoms with Crippen molar-refractivity contribution in [2.24, 2.45) is 17.8 Å². The van der Waals surface area contributed by atoms with Crippen LogP contribution in [-0.4, -0.2) is 9.97 Å². The number of hydrogen-bond acceptors (Lipinski definition) is 4. The van der Waals surface area contributed by atoms with Gasteiger partial charge >= 0.3 is 0 Å². The predicted octanol–water partition coefficient (Wildman–Crippen LogP) is 11.7. The molecule has 51 heavy (non-hydrogen) atoms. The van der Waals surface area contributed by atoms with Crippen molar-refractivity contribution in [3.63, 3.8) is 0 Å². The van der Waals surface area contributed by atoms with Crippen LogP contribution in [-0.2, 0) is 5.41 Å². The highest BCUT2D eigenvalue weighted by atomic mass is 14.9. The summed E-state index contributed by atoms with van der Waals surface area (Å²) in [5, 5.41) is 18.6. The maximum atomic E-state index is 9.29. The first kappa shape index (κ1) is 32.4. The fraction of sp³-hybridized carbons (Fsp3) is 0.234. The third-order valence-electron chi connectivity index (χ3n) is 11.2. The monoisotopic (exact) mass is 660 g/mol. The molecular formula is C47H40N4. The number of fused-ring (bicyclic) bond motifs is 2. The van der Waals surface area contributed by atoms with Crippen molar-refractivity contribution in [1.29, 1.82) is 10.5 Å². The molecule has 8 rings (SSSR count). The smallest absolute Gasteiger partial charge is 0.160 e. The van der Waals surface area contributed by atoms with Crippen molar-refractivity contribution < 1.29 is 0 Å². The van der Waals surface area contributed by atoms with Gasteiger partial charge in [0, 0.05) is 16.7 Å². The minimum absolute atomic E-state index is 0.357. The van der Waals surface area contributed by atoms with Crippen molar-refractivity contribution in [1.82, 2.24) is 9.97 Å². The molecule has 0 aliphatic heterocycles. The lowest BCUT2D eigenvalue weighted by molar-refractivity contribution is 0.0780. The van der Waals surface area contributed by atoms with Crippen LogP contribution in [0.25, 0.3) is 56.2 Å². The van der Waals surface area contributed by atoms with Crippen molar-refractivity contribution in [3.05, 3.63) is 144 Å². The molecule has 0 N–H and O–H groups in total. The van der Waals surface area contributed by atoms with E-state index in [-0.39, 0.29) is 0 Å². The Morgan fingerprint density at radius 1 is 0.490 bits per heavy atom. The third kappa shape index (κ3) is 6.59. The molecule has 2 saturated carbocycles. The largest absolute Gasteiger partial charge is 0.228 e. The molecule has 2 fully saturated rings. The molecule has 1 unspecified atom stereocenters. The van der Waals surface area contributed by atoms with Crippen molar-refractivity contribution in [3.8, 4) is 68.3 Å². The van der Waals surface area contributed by atoms with E-state index in [0.717, 1.165) is 57.0 Å². The second-order valence-electron chi connectivity index (χ2n) is 15.0. The highest BCUT2D eigenvalue weighted by molar-refractivity contribution is 5.75. The van der Waals surface area contributed by atoms with Gasteiger partial charge in [-0.3, -0.25) is 0 Å². The van der Waals surface area contributed by atoms with Crippen LogP contribution < -0.4 is 0 Å². The predicted molar refractivity (Wildman–Crippen MR) is 205 cm³/mol. The first-order chi connectivity index (χ1) is 24.9. The van der Waals surface area contributed by atoms with Crippen molar-refractivity contribution in [2.75, 3.05) is 0 Å². The summed E-state index contributed by atoms with van der Waals surface area (Å²) in [4.78, 5) is 9.90. The normalized spacial score (nSPS) is 21.0. The molecule has 2 bridgehead atoms. The fourth-order valence-corrected chi connectivity index (χ4v) is 9.04. The lowest BCUT2D eigenvalue weighted by Gasteiger charge is -2.50. The summed E-state index contributed by atoms with van der Waals surface area (Å²) in [6, 6.07) is 48.0. The number of rotatable bonds is 6. The van der Waals surface area contributed by atoms with Gasteiger partial charge in [-0.1, -0.05) is 111 Å². The minimum Gasteiger partial charge on any atom is -0.228 e. The first-order valence-corrected chi connectivity index (χ1v) is 18.1. The maximum absolute atomic E-state index is 9.29. The van der Waals surface area contributed by atoms with Gasteiger partial charge in [0.15, 0.2) is 5.82 Å². The molecule has 2 aliphatic carbocycles. The Bertz CT molecular complexity index is 2160. The van der Waals surface area contributed by atoms with Gasteiger partial charge in [-0.05, 0) is 113 Å². The Balaban J connectivity index is 1.04. The molecule has 1 heterocycles. The van der Waals surface area contributed by atoms with E-state index in [1.165, 1.54) is 43.2 Å². The first-order valence-electron chi connectivity index (χ1n) is 18.1. The molecule has 248 valence electrons. The van der Waals surface area contributed by atoms with E-state index in [4.69, 9.17) is 9.97 Å². The minimum atomic E-state index is 0.357. The summed E-state index contributed by atoms with van der Waals surface area (Å²) in [5.41, 5.74) is 12.1. The molecule has 6 aromatic rings. The summed E-state index contributed by atoms with van der Waals surface area (Å²) in [6.07, 6.45) is 6.82. The number of benzene rings is 5. The lowest BCUT2D eigenvalue weighted by Crippen LogP contribution is -2.42. The van der Waals surface area contributed by atoms with Crippen molar-refractivity contribution >= 4 is 0 Å². The summed E-state index contributed by atoms with van der Waals surface area (Å²) >= 11 is 0. The van der Waals surface area contributed by atoms with Gasteiger partial charge in [-0.25, -0.2) is 9.97 Å². The number of aromatic nitrogens is 2. The van der Waals surface area contributed by atoms with Gasteiger partial charge in [0.25, 0.3) is 0 Å². The van der Waals surface area contributed by atoms with E-state index in [9.17, 15) is 10.5 Å². The Kier molecular flexibility index (Phi) is 8.55. The van der Waals surface area contributed by atoms with Gasteiger partial charge in [-0.15, -0.1) is 0 Å². The van der Waals surface area contributed by atoms with Crippen LogP contribution in [0.15, 0.2) is 127 Å². The summed E-state index contributed by atoms with van der Waals surface area (Å²) < 4.78 is 0. The van der Waals surface area contributed by atoms with Gasteiger partial charge < -0.3 is 0 Å². The van der Waals surface area contributed by atoms with E-state index in [0.29, 0.717) is 22.4 Å². The van der Waals surface area contributed by atoms with Crippen molar-refractivity contribution in [2.45, 2.75) is 51.4 Å². The fourth-order valence-electron chi connectivity index (χ4n) is 9.04. The van der Waals surface area contributed by atoms with E-state index < -0.39 is 0 Å². The lowest BCUT2D eigenvalue weighted by atomic mass is 9.54. The standard InChI is InChI=1S/C47H40N4/c1-31-23-35-24-32(2)27-47(26-31,28-35)43-21-19-39(20-22-43)37-13-11-36(12-14-37)38-15-17-42(18-16-38)46-50-44(40-7-3-33(29-48)4-8-40)25-45(51-46)41-9-5-34(30-49)6-10-41/h3-22,25,31-32,35H,23-24,26-28H2,1-2H3/t31-,32+,35-,47?. The molecule has 0 amide bonds. The summed E-state index contributed by atoms with van der Waals surface area (Å²) in [7, 11) is 0. The van der Waals surface area contributed by atoms with Crippen LogP contribution >= 0.6 is 0 Å². The zero-order chi connectivity index (χ0) is 35.0. The van der Waals surface area contributed by atoms with E-state index in [1.54, 1.807) is 29.8 Å². The summed E-state index contributed by atoms with van der Waals surface area (Å²) in [5.74, 6) is 3.13. The second-order valence-corrected chi connectivity index (χ2v) is 15.0. The van der Waals surface area contributed by atoms with Gasteiger partial charge in [-0.2, -0.15) is 10.5 Å². The molecule has 0 spiro atoms. The zero-order valence-corrected chi connectivity index (χ0v) is 29.2. The molecule has 4 nitrogen and oxygen atoms in total. The van der Waals surface area contributed by atoms with Crippen LogP contribution in [0.4, 0.5) is 0 Å². The molecule has 4 heteroatoms. The van der Waals surface area contributed by atoms with Crippen LogP contribution in [0.5, 0.6) is 0 Å². The molecule has 1 aromatic heterocycles. The number of hydrogen-bond donors (Lipinski definition) is 0. The Hall–Kier alpha value is -5.84. The average Bonchev–Trinajstić information content (AvgIpc) is 3.17. The molecule has 0 saturated heterocycles. The highest BCUT2D eigenvalue weighted by Gasteiger charge is 2.45. The zero-order valence-electron chi connectivity index (χ0n) is 29.2. The van der Waals surface area contributed by atoms with Crippen LogP contribution in [0.3, 0.4) is 0 Å². The SMILES string of the molecule is C[C@@H]1C[C@@H]2C[C@H](C)CC(c3ccc(-c4ccc(-c5ccc(-c6nc(-c7ccc(C#N)cc7)cc(-c7ccc(C#N)cc7)n6)cc5)cc4)cc3)(C1)C2. The van der Waals surface area contributed by atoms with Crippen LogP contribution in [0.1, 0.15) is 62.6 Å². The molecule has 0 radical (unpaired) electrons. The van der Waals surface area contributed by atoms with Crippen LogP contribution in [0, 0.1) is 40.4 Å². The van der Waals surface area contributed by atoms with Gasteiger partial charge in [0.2, 0.25) is 0 Å². The van der Waals surface area contributed by atoms with Gasteiger partial charge in [0.1, 0.15) is 0 Å². The van der Waals surface area contributed by atoms with Crippen LogP contribution in [0.2, 0.25) is 0 Å². The van der Waals surface area contributed by atoms with E-state index >= 15 is 0 Å². The highest BCUT2D eigenvalue weighted by Crippen LogP contribution is 2.54. The Morgan fingerprint density at radius 2 is 0.863 bits per heavy atom. The van der Waals surface area contributed by atoms with E-state index in [2.05, 4.69) is 98.8 Å². The third-order valence-corrected chi connectivity index (χ3v) is 11.2. The number of nitrogens with zero attached hydrogens (tertiary/aromatic N) is 4. The molecule has 4 atom stereocenters.